The van der Waals surface area contributed by atoms with E-state index < -0.39 is 11.1 Å². The highest BCUT2D eigenvalue weighted by Gasteiger charge is 2.53. The molecule has 1 fully saturated rings. The Labute approximate surface area is 124 Å². The summed E-state index contributed by atoms with van der Waals surface area (Å²) in [5.41, 5.74) is -1.72. The van der Waals surface area contributed by atoms with Crippen molar-refractivity contribution in [3.8, 4) is 0 Å². The van der Waals surface area contributed by atoms with Crippen molar-refractivity contribution in [2.75, 3.05) is 0 Å². The first-order valence-electron chi connectivity index (χ1n) is 7.26. The van der Waals surface area contributed by atoms with Gasteiger partial charge in [-0.2, -0.15) is 5.10 Å². The van der Waals surface area contributed by atoms with Gasteiger partial charge >= 0.3 is 0 Å². The highest BCUT2D eigenvalue weighted by Crippen LogP contribution is 2.31. The second kappa shape index (κ2) is 5.13. The maximum Gasteiger partial charge on any atom is 0.249 e. The van der Waals surface area contributed by atoms with Gasteiger partial charge in [-0.15, -0.1) is 0 Å². The van der Waals surface area contributed by atoms with E-state index in [2.05, 4.69) is 15.4 Å². The van der Waals surface area contributed by atoms with Gasteiger partial charge in [0, 0.05) is 7.05 Å². The fraction of sp³-hybridized carbons (Fsp3) is 0.714. The number of hydrogen-bond acceptors (Lipinski definition) is 4. The topological polar surface area (TPSA) is 80.1 Å². The Morgan fingerprint density at radius 3 is 2.33 bits per heavy atom. The van der Waals surface area contributed by atoms with Gasteiger partial charge in [-0.1, -0.05) is 13.8 Å². The molecule has 0 saturated carbocycles. The van der Waals surface area contributed by atoms with Crippen LogP contribution in [0, 0.1) is 0 Å². The van der Waals surface area contributed by atoms with Gasteiger partial charge in [-0.3, -0.25) is 14.3 Å². The summed E-state index contributed by atoms with van der Waals surface area (Å²) in [6, 6.07) is 0. The first-order chi connectivity index (χ1) is 9.78. The summed E-state index contributed by atoms with van der Waals surface area (Å²) in [5.74, 6) is 0.472. The van der Waals surface area contributed by atoms with Crippen LogP contribution in [0.5, 0.6) is 0 Å². The predicted octanol–water partition coefficient (Wildman–Crippen LogP) is 0.611. The van der Waals surface area contributed by atoms with Gasteiger partial charge in [-0.05, 0) is 26.7 Å². The Kier molecular flexibility index (Phi) is 3.78. The summed E-state index contributed by atoms with van der Waals surface area (Å²) in [6.45, 7) is 7.62. The van der Waals surface area contributed by atoms with Gasteiger partial charge in [0.15, 0.2) is 0 Å². The molecular formula is C14H23N5O2. The Morgan fingerprint density at radius 1 is 1.24 bits per heavy atom. The molecule has 7 nitrogen and oxygen atoms in total. The number of nitrogens with zero attached hydrogens (tertiary/aromatic N) is 4. The maximum absolute atomic E-state index is 13.0. The van der Waals surface area contributed by atoms with Crippen molar-refractivity contribution in [2.24, 2.45) is 7.05 Å². The SMILES string of the molecule is CCC1(CC)NC(=O)C(C)(C)N(Cc2ncnn2C)C1=O. The molecule has 1 aromatic heterocycles. The number of carbonyl (C=O) groups excluding carboxylic acids is 2. The molecule has 116 valence electrons. The molecule has 1 aliphatic rings. The van der Waals surface area contributed by atoms with Crippen molar-refractivity contribution in [3.63, 3.8) is 0 Å². The first kappa shape index (κ1) is 15.5. The molecule has 1 N–H and O–H groups in total. The minimum absolute atomic E-state index is 0.0555. The lowest BCUT2D eigenvalue weighted by atomic mass is 9.83. The van der Waals surface area contributed by atoms with Crippen molar-refractivity contribution in [1.82, 2.24) is 25.0 Å². The number of aromatic nitrogens is 3. The number of rotatable bonds is 4. The summed E-state index contributed by atoms with van der Waals surface area (Å²) in [5, 5.41) is 6.94. The zero-order valence-electron chi connectivity index (χ0n) is 13.3. The smallest absolute Gasteiger partial charge is 0.249 e. The van der Waals surface area contributed by atoms with E-state index in [0.717, 1.165) is 0 Å². The first-order valence-corrected chi connectivity index (χ1v) is 7.26. The third kappa shape index (κ3) is 2.30. The molecule has 2 rings (SSSR count). The second-order valence-corrected chi connectivity index (χ2v) is 5.99. The predicted molar refractivity (Wildman–Crippen MR) is 77.1 cm³/mol. The molecule has 1 aromatic rings. The molecule has 2 heterocycles. The summed E-state index contributed by atoms with van der Waals surface area (Å²) in [6.07, 6.45) is 2.59. The highest BCUT2D eigenvalue weighted by molar-refractivity contribution is 6.01. The monoisotopic (exact) mass is 293 g/mol. The summed E-state index contributed by atoms with van der Waals surface area (Å²) >= 11 is 0. The van der Waals surface area contributed by atoms with Crippen LogP contribution in [0.15, 0.2) is 6.33 Å². The van der Waals surface area contributed by atoms with Crippen LogP contribution < -0.4 is 5.32 Å². The Balaban J connectivity index is 2.41. The Morgan fingerprint density at radius 2 is 1.86 bits per heavy atom. The van der Waals surface area contributed by atoms with Gasteiger partial charge in [0.2, 0.25) is 11.8 Å². The summed E-state index contributed by atoms with van der Waals surface area (Å²) in [7, 11) is 1.77. The van der Waals surface area contributed by atoms with Crippen LogP contribution in [0.4, 0.5) is 0 Å². The Bertz CT molecular complexity index is 559. The van der Waals surface area contributed by atoms with Gasteiger partial charge in [-0.25, -0.2) is 4.98 Å². The molecule has 7 heteroatoms. The molecule has 0 unspecified atom stereocenters. The van der Waals surface area contributed by atoms with E-state index in [1.807, 2.05) is 13.8 Å². The van der Waals surface area contributed by atoms with E-state index in [0.29, 0.717) is 18.7 Å². The van der Waals surface area contributed by atoms with Gasteiger partial charge in [0.05, 0.1) is 6.54 Å². The van der Waals surface area contributed by atoms with Gasteiger partial charge in [0.25, 0.3) is 0 Å². The second-order valence-electron chi connectivity index (χ2n) is 5.99. The molecular weight excluding hydrogens is 270 g/mol. The quantitative estimate of drug-likeness (QED) is 0.882. The molecule has 21 heavy (non-hydrogen) atoms. The zero-order valence-corrected chi connectivity index (χ0v) is 13.3. The van der Waals surface area contributed by atoms with Gasteiger partial charge < -0.3 is 10.2 Å². The normalized spacial score (nSPS) is 20.5. The minimum Gasteiger partial charge on any atom is -0.340 e. The van der Waals surface area contributed by atoms with Crippen LogP contribution in [0.3, 0.4) is 0 Å². The van der Waals surface area contributed by atoms with Crippen LogP contribution in [-0.4, -0.2) is 42.6 Å². The van der Waals surface area contributed by atoms with E-state index in [4.69, 9.17) is 0 Å². The fourth-order valence-corrected chi connectivity index (χ4v) is 2.66. The largest absolute Gasteiger partial charge is 0.340 e. The summed E-state index contributed by atoms with van der Waals surface area (Å²) < 4.78 is 1.62. The van der Waals surface area contributed by atoms with E-state index in [1.54, 1.807) is 30.5 Å². The molecule has 1 saturated heterocycles. The van der Waals surface area contributed by atoms with E-state index >= 15 is 0 Å². The van der Waals surface area contributed by atoms with E-state index in [-0.39, 0.29) is 18.4 Å². The zero-order chi connectivity index (χ0) is 15.8. The van der Waals surface area contributed by atoms with E-state index in [1.165, 1.54) is 6.33 Å². The third-order valence-electron chi connectivity index (χ3n) is 4.55. The average molecular weight is 293 g/mol. The maximum atomic E-state index is 13.0. The lowest BCUT2D eigenvalue weighted by Gasteiger charge is -2.49. The number of amides is 2. The molecule has 0 aromatic carbocycles. The summed E-state index contributed by atoms with van der Waals surface area (Å²) in [4.78, 5) is 31.2. The molecule has 0 bridgehead atoms. The molecule has 2 amide bonds. The molecule has 0 spiro atoms. The van der Waals surface area contributed by atoms with Crippen molar-refractivity contribution in [1.29, 1.82) is 0 Å². The van der Waals surface area contributed by atoms with Crippen LogP contribution in [-0.2, 0) is 23.2 Å². The molecule has 0 aliphatic carbocycles. The van der Waals surface area contributed by atoms with Crippen molar-refractivity contribution in [3.05, 3.63) is 12.2 Å². The average Bonchev–Trinajstić information content (AvgIpc) is 2.85. The minimum atomic E-state index is -0.906. The third-order valence-corrected chi connectivity index (χ3v) is 4.55. The molecule has 1 aliphatic heterocycles. The Hall–Kier alpha value is -1.92. The van der Waals surface area contributed by atoms with Crippen LogP contribution in [0.1, 0.15) is 46.4 Å². The molecule has 0 atom stereocenters. The fourth-order valence-electron chi connectivity index (χ4n) is 2.66. The van der Waals surface area contributed by atoms with E-state index in [9.17, 15) is 9.59 Å². The highest BCUT2D eigenvalue weighted by atomic mass is 16.2. The molecule has 0 radical (unpaired) electrons. The number of hydrogen-bond donors (Lipinski definition) is 1. The van der Waals surface area contributed by atoms with Crippen LogP contribution in [0.25, 0.3) is 0 Å². The van der Waals surface area contributed by atoms with Crippen molar-refractivity contribution in [2.45, 2.75) is 58.2 Å². The number of piperazine rings is 1. The van der Waals surface area contributed by atoms with Crippen molar-refractivity contribution < 1.29 is 9.59 Å². The van der Waals surface area contributed by atoms with Crippen LogP contribution in [0.2, 0.25) is 0 Å². The van der Waals surface area contributed by atoms with Crippen molar-refractivity contribution >= 4 is 11.8 Å². The van der Waals surface area contributed by atoms with Crippen LogP contribution >= 0.6 is 0 Å². The number of nitrogens with one attached hydrogen (secondary N) is 1. The standard InChI is InChI=1S/C14H23N5O2/c1-6-14(7-2)12(21)19(13(3,4)11(20)17-14)8-10-15-9-16-18(10)5/h9H,6-8H2,1-5H3,(H,17,20). The van der Waals surface area contributed by atoms with Gasteiger partial charge in [0.1, 0.15) is 23.2 Å². The number of aryl methyl sites for hydroxylation is 1. The number of carbonyl (C=O) groups is 2. The lowest BCUT2D eigenvalue weighted by molar-refractivity contribution is -0.162. The lowest BCUT2D eigenvalue weighted by Crippen LogP contribution is -2.73.